The number of thiophene rings is 1. The number of ether oxygens (including phenoxy) is 3. The Kier molecular flexibility index (Phi) is 4.75. The zero-order valence-electron chi connectivity index (χ0n) is 11.5. The van der Waals surface area contributed by atoms with E-state index in [0.717, 1.165) is 16.2 Å². The van der Waals surface area contributed by atoms with Crippen LogP contribution in [0.5, 0.6) is 17.2 Å². The van der Waals surface area contributed by atoms with E-state index in [1.165, 1.54) is 11.3 Å². The third kappa shape index (κ3) is 2.70. The molecule has 0 aliphatic rings. The summed E-state index contributed by atoms with van der Waals surface area (Å²) in [5.74, 6) is 1.88. The molecule has 0 saturated heterocycles. The lowest BCUT2D eigenvalue weighted by molar-refractivity contribution is 0.390. The van der Waals surface area contributed by atoms with Gasteiger partial charge >= 0.3 is 0 Å². The lowest BCUT2D eigenvalue weighted by Crippen LogP contribution is -2.12. The molecule has 0 radical (unpaired) electrons. The van der Waals surface area contributed by atoms with Crippen molar-refractivity contribution in [3.05, 3.63) is 39.0 Å². The van der Waals surface area contributed by atoms with Crippen molar-refractivity contribution >= 4 is 22.9 Å². The van der Waals surface area contributed by atoms with Gasteiger partial charge in [0.25, 0.3) is 0 Å². The first-order valence-corrected chi connectivity index (χ1v) is 7.16. The van der Waals surface area contributed by atoms with Crippen molar-refractivity contribution in [1.82, 2.24) is 0 Å². The second-order valence-electron chi connectivity index (χ2n) is 4.07. The van der Waals surface area contributed by atoms with E-state index in [0.29, 0.717) is 16.5 Å². The Morgan fingerprint density at radius 3 is 2.45 bits per heavy atom. The molecule has 1 atom stereocenters. The minimum absolute atomic E-state index is 0.331. The van der Waals surface area contributed by atoms with Crippen LogP contribution in [-0.2, 0) is 0 Å². The van der Waals surface area contributed by atoms with Crippen LogP contribution in [0.25, 0.3) is 0 Å². The van der Waals surface area contributed by atoms with Gasteiger partial charge in [-0.1, -0.05) is 11.6 Å². The highest BCUT2D eigenvalue weighted by atomic mass is 35.5. The zero-order chi connectivity index (χ0) is 14.7. The highest BCUT2D eigenvalue weighted by molar-refractivity contribution is 7.10. The number of hydrogen-bond acceptors (Lipinski definition) is 5. The smallest absolute Gasteiger partial charge is 0.146 e. The van der Waals surface area contributed by atoms with Crippen LogP contribution in [0.2, 0.25) is 5.02 Å². The van der Waals surface area contributed by atoms with Crippen LogP contribution in [0.15, 0.2) is 23.6 Å². The van der Waals surface area contributed by atoms with Gasteiger partial charge in [-0.25, -0.2) is 0 Å². The first-order valence-electron chi connectivity index (χ1n) is 5.90. The van der Waals surface area contributed by atoms with Gasteiger partial charge in [0.2, 0.25) is 0 Å². The Morgan fingerprint density at radius 2 is 1.90 bits per heavy atom. The van der Waals surface area contributed by atoms with Crippen molar-refractivity contribution in [2.24, 2.45) is 5.73 Å². The maximum absolute atomic E-state index is 6.30. The Bertz CT molecular complexity index is 600. The maximum atomic E-state index is 6.30. The van der Waals surface area contributed by atoms with Gasteiger partial charge in [-0.15, -0.1) is 11.3 Å². The lowest BCUT2D eigenvalue weighted by atomic mass is 10.0. The highest BCUT2D eigenvalue weighted by Crippen LogP contribution is 2.41. The maximum Gasteiger partial charge on any atom is 0.146 e. The summed E-state index contributed by atoms with van der Waals surface area (Å²) in [6.45, 7) is 0. The average Bonchev–Trinajstić information content (AvgIpc) is 2.95. The van der Waals surface area contributed by atoms with E-state index in [1.54, 1.807) is 27.4 Å². The number of halogens is 1. The summed E-state index contributed by atoms with van der Waals surface area (Å²) < 4.78 is 15.7. The molecule has 6 heteroatoms. The molecule has 1 unspecified atom stereocenters. The van der Waals surface area contributed by atoms with Crippen LogP contribution < -0.4 is 19.9 Å². The number of methoxy groups -OCH3 is 3. The van der Waals surface area contributed by atoms with Crippen molar-refractivity contribution in [2.75, 3.05) is 21.3 Å². The molecular formula is C14H16ClNO3S. The largest absolute Gasteiger partial charge is 0.496 e. The van der Waals surface area contributed by atoms with Crippen molar-refractivity contribution in [3.63, 3.8) is 0 Å². The van der Waals surface area contributed by atoms with Gasteiger partial charge in [-0.3, -0.25) is 0 Å². The number of hydrogen-bond donors (Lipinski definition) is 1. The lowest BCUT2D eigenvalue weighted by Gasteiger charge is -2.17. The summed E-state index contributed by atoms with van der Waals surface area (Å²) in [5, 5.41) is 2.33. The third-order valence-electron chi connectivity index (χ3n) is 2.99. The fourth-order valence-corrected chi connectivity index (χ4v) is 3.12. The number of rotatable bonds is 5. The monoisotopic (exact) mass is 313 g/mol. The Labute approximate surface area is 127 Å². The first-order chi connectivity index (χ1) is 9.62. The molecule has 1 aromatic carbocycles. The summed E-state index contributed by atoms with van der Waals surface area (Å²) >= 11 is 7.78. The summed E-state index contributed by atoms with van der Waals surface area (Å²) in [7, 11) is 4.75. The van der Waals surface area contributed by atoms with Crippen LogP contribution in [0.1, 0.15) is 16.5 Å². The van der Waals surface area contributed by atoms with E-state index in [9.17, 15) is 0 Å². The zero-order valence-corrected chi connectivity index (χ0v) is 13.0. The summed E-state index contributed by atoms with van der Waals surface area (Å²) in [4.78, 5) is 0.974. The molecule has 1 heterocycles. The SMILES string of the molecule is COc1csc(C(N)c2ccc(OC)c(Cl)c2OC)c1. The molecule has 0 saturated carbocycles. The van der Waals surface area contributed by atoms with Crippen molar-refractivity contribution in [3.8, 4) is 17.2 Å². The number of benzene rings is 1. The molecule has 108 valence electrons. The molecule has 0 spiro atoms. The Morgan fingerprint density at radius 1 is 1.15 bits per heavy atom. The minimum atomic E-state index is -0.331. The fourth-order valence-electron chi connectivity index (χ4n) is 1.92. The van der Waals surface area contributed by atoms with Gasteiger partial charge in [0.1, 0.15) is 22.3 Å². The topological polar surface area (TPSA) is 53.7 Å². The minimum Gasteiger partial charge on any atom is -0.496 e. The van der Waals surface area contributed by atoms with E-state index < -0.39 is 0 Å². The van der Waals surface area contributed by atoms with Gasteiger partial charge in [-0.05, 0) is 18.2 Å². The summed E-state index contributed by atoms with van der Waals surface area (Å²) in [6.07, 6.45) is 0. The second-order valence-corrected chi connectivity index (χ2v) is 5.39. The molecule has 0 aliphatic heterocycles. The van der Waals surface area contributed by atoms with Gasteiger partial charge in [0.05, 0.1) is 27.4 Å². The van der Waals surface area contributed by atoms with Crippen molar-refractivity contribution < 1.29 is 14.2 Å². The molecule has 2 rings (SSSR count). The molecule has 0 amide bonds. The van der Waals surface area contributed by atoms with E-state index in [-0.39, 0.29) is 6.04 Å². The van der Waals surface area contributed by atoms with Crippen LogP contribution in [0.3, 0.4) is 0 Å². The van der Waals surface area contributed by atoms with Gasteiger partial charge < -0.3 is 19.9 Å². The fraction of sp³-hybridized carbons (Fsp3) is 0.286. The van der Waals surface area contributed by atoms with Gasteiger partial charge in [0.15, 0.2) is 0 Å². The Balaban J connectivity index is 2.43. The van der Waals surface area contributed by atoms with Crippen molar-refractivity contribution in [1.29, 1.82) is 0 Å². The van der Waals surface area contributed by atoms with Crippen LogP contribution in [0.4, 0.5) is 0 Å². The molecule has 4 nitrogen and oxygen atoms in total. The summed E-state index contributed by atoms with van der Waals surface area (Å²) in [5.41, 5.74) is 7.10. The average molecular weight is 314 g/mol. The molecule has 0 fully saturated rings. The normalized spacial score (nSPS) is 12.1. The molecule has 2 N–H and O–H groups in total. The second kappa shape index (κ2) is 6.35. The van der Waals surface area contributed by atoms with E-state index in [1.807, 2.05) is 17.5 Å². The van der Waals surface area contributed by atoms with Crippen molar-refractivity contribution in [2.45, 2.75) is 6.04 Å². The van der Waals surface area contributed by atoms with Crippen LogP contribution in [-0.4, -0.2) is 21.3 Å². The standard InChI is InChI=1S/C14H16ClNO3S/c1-17-8-6-11(20-7-8)13(16)9-4-5-10(18-2)12(15)14(9)19-3/h4-7,13H,16H2,1-3H3. The van der Waals surface area contributed by atoms with E-state index in [4.69, 9.17) is 31.5 Å². The van der Waals surface area contributed by atoms with E-state index >= 15 is 0 Å². The predicted molar refractivity (Wildman–Crippen MR) is 81.5 cm³/mol. The molecule has 20 heavy (non-hydrogen) atoms. The third-order valence-corrected chi connectivity index (χ3v) is 4.34. The van der Waals surface area contributed by atoms with Gasteiger partial charge in [-0.2, -0.15) is 0 Å². The number of nitrogens with two attached hydrogens (primary N) is 1. The predicted octanol–water partition coefficient (Wildman–Crippen LogP) is 3.48. The quantitative estimate of drug-likeness (QED) is 0.918. The summed E-state index contributed by atoms with van der Waals surface area (Å²) in [6, 6.07) is 5.22. The Hall–Kier alpha value is -1.43. The first kappa shape index (κ1) is 15.0. The molecule has 2 aromatic rings. The van der Waals surface area contributed by atoms with Crippen LogP contribution >= 0.6 is 22.9 Å². The molecule has 0 aliphatic carbocycles. The van der Waals surface area contributed by atoms with E-state index in [2.05, 4.69) is 0 Å². The molecule has 0 bridgehead atoms. The molecule has 1 aromatic heterocycles. The van der Waals surface area contributed by atoms with Gasteiger partial charge in [0, 0.05) is 15.8 Å². The van der Waals surface area contributed by atoms with Crippen LogP contribution in [0, 0.1) is 0 Å². The highest BCUT2D eigenvalue weighted by Gasteiger charge is 2.20. The molecular weight excluding hydrogens is 298 g/mol.